The monoisotopic (exact) mass is 401 g/mol. The largest absolute Gasteiger partial charge is 0.433 e. The van der Waals surface area contributed by atoms with Crippen LogP contribution in [0.1, 0.15) is 32.4 Å². The molecule has 0 spiro atoms. The van der Waals surface area contributed by atoms with Crippen LogP contribution in [0, 0.1) is 0 Å². The van der Waals surface area contributed by atoms with E-state index in [-0.39, 0.29) is 5.95 Å². The van der Waals surface area contributed by atoms with Gasteiger partial charge in [0.2, 0.25) is 5.95 Å². The number of alkyl halides is 3. The molecule has 1 atom stereocenters. The van der Waals surface area contributed by atoms with Crippen molar-refractivity contribution in [1.82, 2.24) is 25.1 Å². The zero-order valence-corrected chi connectivity index (χ0v) is 16.8. The van der Waals surface area contributed by atoms with Crippen molar-refractivity contribution in [2.75, 3.05) is 51.6 Å². The third-order valence-electron chi connectivity index (χ3n) is 4.69. The Balaban J connectivity index is 1.88. The van der Waals surface area contributed by atoms with Crippen LogP contribution in [0.15, 0.2) is 17.3 Å². The summed E-state index contributed by atoms with van der Waals surface area (Å²) >= 11 is 0. The molecule has 158 valence electrons. The summed E-state index contributed by atoms with van der Waals surface area (Å²) in [5.74, 6) is 0.741. The van der Waals surface area contributed by atoms with Crippen molar-refractivity contribution >= 4 is 11.9 Å². The van der Waals surface area contributed by atoms with Crippen molar-refractivity contribution in [1.29, 1.82) is 0 Å². The Labute approximate surface area is 164 Å². The van der Waals surface area contributed by atoms with Crippen LogP contribution in [-0.4, -0.2) is 78.1 Å². The number of nitrogens with one attached hydrogen (secondary N) is 2. The molecule has 10 heteroatoms. The quantitative estimate of drug-likeness (QED) is 0.396. The maximum atomic E-state index is 12.7. The second kappa shape index (κ2) is 10.4. The molecule has 0 bridgehead atoms. The summed E-state index contributed by atoms with van der Waals surface area (Å²) < 4.78 is 38.1. The number of anilines is 1. The van der Waals surface area contributed by atoms with Crippen LogP contribution in [0.3, 0.4) is 0 Å². The zero-order valence-electron chi connectivity index (χ0n) is 16.8. The van der Waals surface area contributed by atoms with Crippen LogP contribution in [-0.2, 0) is 6.18 Å². The minimum atomic E-state index is -4.48. The van der Waals surface area contributed by atoms with Crippen molar-refractivity contribution in [3.8, 4) is 0 Å². The van der Waals surface area contributed by atoms with Gasteiger partial charge in [-0.25, -0.2) is 9.97 Å². The lowest BCUT2D eigenvalue weighted by Gasteiger charge is -2.29. The fraction of sp³-hybridized carbons (Fsp3) is 0.722. The maximum Gasteiger partial charge on any atom is 0.433 e. The molecular weight excluding hydrogens is 371 g/mol. The Morgan fingerprint density at radius 3 is 2.86 bits per heavy atom. The molecule has 7 nitrogen and oxygen atoms in total. The second-order valence-corrected chi connectivity index (χ2v) is 6.73. The van der Waals surface area contributed by atoms with Gasteiger partial charge in [0.1, 0.15) is 5.69 Å². The molecule has 0 amide bonds. The van der Waals surface area contributed by atoms with Gasteiger partial charge in [0, 0.05) is 38.9 Å². The maximum absolute atomic E-state index is 12.7. The first-order chi connectivity index (χ1) is 13.3. The van der Waals surface area contributed by atoms with Crippen LogP contribution in [0.25, 0.3) is 0 Å². The van der Waals surface area contributed by atoms with E-state index in [1.165, 1.54) is 12.8 Å². The molecule has 1 aromatic heterocycles. The Morgan fingerprint density at radius 2 is 2.18 bits per heavy atom. The predicted molar refractivity (Wildman–Crippen MR) is 104 cm³/mol. The summed E-state index contributed by atoms with van der Waals surface area (Å²) in [4.78, 5) is 16.5. The Bertz CT molecular complexity index is 636. The number of likely N-dealkylation sites (N-methyl/N-ethyl adjacent to an activating group) is 2. The standard InChI is InChI=1S/C18H30F3N7/c1-4-22-17(27(3)13-14-7-6-12-28(14)5-2)25-11-10-24-16-23-9-8-15(26-16)18(19,20)21/h8-9,14H,4-7,10-13H2,1-3H3,(H,22,25)(H,23,24,26). The Kier molecular flexibility index (Phi) is 8.28. The van der Waals surface area contributed by atoms with E-state index in [0.717, 1.165) is 44.4 Å². The van der Waals surface area contributed by atoms with E-state index in [1.54, 1.807) is 0 Å². The molecule has 2 heterocycles. The van der Waals surface area contributed by atoms with E-state index in [2.05, 4.69) is 42.3 Å². The highest BCUT2D eigenvalue weighted by Crippen LogP contribution is 2.27. The first kappa shape index (κ1) is 22.2. The van der Waals surface area contributed by atoms with Crippen LogP contribution < -0.4 is 10.6 Å². The van der Waals surface area contributed by atoms with Gasteiger partial charge in [-0.05, 0) is 38.9 Å². The van der Waals surface area contributed by atoms with Gasteiger partial charge >= 0.3 is 6.18 Å². The number of hydrogen-bond acceptors (Lipinski definition) is 5. The number of nitrogens with zero attached hydrogens (tertiary/aromatic N) is 5. The average molecular weight is 401 g/mol. The molecule has 0 aromatic carbocycles. The molecule has 1 unspecified atom stereocenters. The molecular formula is C18H30F3N7. The molecule has 0 saturated carbocycles. The number of aliphatic imine (C=N–C) groups is 1. The van der Waals surface area contributed by atoms with Crippen molar-refractivity contribution in [2.45, 2.75) is 38.9 Å². The molecule has 1 aromatic rings. The van der Waals surface area contributed by atoms with Crippen molar-refractivity contribution in [3.63, 3.8) is 0 Å². The molecule has 0 radical (unpaired) electrons. The number of rotatable bonds is 8. The van der Waals surface area contributed by atoms with Gasteiger partial charge in [-0.15, -0.1) is 0 Å². The zero-order chi connectivity index (χ0) is 20.6. The molecule has 2 N–H and O–H groups in total. The Morgan fingerprint density at radius 1 is 1.39 bits per heavy atom. The summed E-state index contributed by atoms with van der Waals surface area (Å²) in [5, 5.41) is 6.07. The van der Waals surface area contributed by atoms with Crippen LogP contribution in [0.2, 0.25) is 0 Å². The minimum absolute atomic E-state index is 0.0482. The third kappa shape index (κ3) is 6.50. The lowest BCUT2D eigenvalue weighted by Crippen LogP contribution is -2.46. The highest BCUT2D eigenvalue weighted by Gasteiger charge is 2.32. The number of hydrogen-bond donors (Lipinski definition) is 2. The van der Waals surface area contributed by atoms with Crippen molar-refractivity contribution < 1.29 is 13.2 Å². The van der Waals surface area contributed by atoms with Crippen LogP contribution in [0.4, 0.5) is 19.1 Å². The third-order valence-corrected chi connectivity index (χ3v) is 4.69. The highest BCUT2D eigenvalue weighted by atomic mass is 19.4. The predicted octanol–water partition coefficient (Wildman–Crippen LogP) is 2.29. The second-order valence-electron chi connectivity index (χ2n) is 6.73. The molecule has 1 saturated heterocycles. The van der Waals surface area contributed by atoms with Gasteiger partial charge in [-0.1, -0.05) is 6.92 Å². The summed E-state index contributed by atoms with van der Waals surface area (Å²) in [7, 11) is 2.01. The SMILES string of the molecule is CCNC(=NCCNc1nccc(C(F)(F)F)n1)N(C)CC1CCCN1CC. The lowest BCUT2D eigenvalue weighted by atomic mass is 10.2. The smallest absolute Gasteiger partial charge is 0.357 e. The molecule has 0 aliphatic carbocycles. The average Bonchev–Trinajstić information content (AvgIpc) is 3.10. The number of guanidine groups is 1. The Hall–Kier alpha value is -2.10. The molecule has 2 rings (SSSR count). The van der Waals surface area contributed by atoms with E-state index < -0.39 is 11.9 Å². The normalized spacial score (nSPS) is 18.4. The molecule has 1 aliphatic rings. The van der Waals surface area contributed by atoms with Crippen LogP contribution >= 0.6 is 0 Å². The van der Waals surface area contributed by atoms with Gasteiger partial charge < -0.3 is 15.5 Å². The number of aromatic nitrogens is 2. The van der Waals surface area contributed by atoms with Gasteiger partial charge in [-0.3, -0.25) is 9.89 Å². The van der Waals surface area contributed by atoms with Crippen LogP contribution in [0.5, 0.6) is 0 Å². The number of likely N-dealkylation sites (tertiary alicyclic amines) is 1. The van der Waals surface area contributed by atoms with E-state index in [1.807, 2.05) is 14.0 Å². The summed E-state index contributed by atoms with van der Waals surface area (Å²) in [6, 6.07) is 1.37. The lowest BCUT2D eigenvalue weighted by molar-refractivity contribution is -0.141. The summed E-state index contributed by atoms with van der Waals surface area (Å²) in [6.07, 6.45) is -0.974. The minimum Gasteiger partial charge on any atom is -0.357 e. The summed E-state index contributed by atoms with van der Waals surface area (Å²) in [6.45, 7) is 8.75. The van der Waals surface area contributed by atoms with E-state index in [4.69, 9.17) is 0 Å². The molecule has 1 fully saturated rings. The fourth-order valence-corrected chi connectivity index (χ4v) is 3.32. The van der Waals surface area contributed by atoms with Gasteiger partial charge in [-0.2, -0.15) is 13.2 Å². The van der Waals surface area contributed by atoms with Gasteiger partial charge in [0.05, 0.1) is 6.54 Å². The van der Waals surface area contributed by atoms with E-state index in [9.17, 15) is 13.2 Å². The summed E-state index contributed by atoms with van der Waals surface area (Å²) in [5.41, 5.74) is -0.960. The topological polar surface area (TPSA) is 68.7 Å². The fourth-order valence-electron chi connectivity index (χ4n) is 3.32. The first-order valence-corrected chi connectivity index (χ1v) is 9.72. The first-order valence-electron chi connectivity index (χ1n) is 9.72. The van der Waals surface area contributed by atoms with Crippen molar-refractivity contribution in [2.24, 2.45) is 4.99 Å². The van der Waals surface area contributed by atoms with Crippen molar-refractivity contribution in [3.05, 3.63) is 18.0 Å². The molecule has 28 heavy (non-hydrogen) atoms. The van der Waals surface area contributed by atoms with Gasteiger partial charge in [0.25, 0.3) is 0 Å². The van der Waals surface area contributed by atoms with E-state index in [0.29, 0.717) is 19.1 Å². The highest BCUT2D eigenvalue weighted by molar-refractivity contribution is 5.79. The van der Waals surface area contributed by atoms with E-state index >= 15 is 0 Å². The molecule has 1 aliphatic heterocycles. The number of halogens is 3. The van der Waals surface area contributed by atoms with Gasteiger partial charge in [0.15, 0.2) is 5.96 Å².